The number of phenolic OH excluding ortho intramolecular Hbond substituents is 1. The second kappa shape index (κ2) is 3.57. The fourth-order valence-corrected chi connectivity index (χ4v) is 1.14. The number of aromatic hydroxyl groups is 1. The molecular weight excluding hydrogens is 155 g/mol. The summed E-state index contributed by atoms with van der Waals surface area (Å²) in [6, 6.07) is 4.31. The third-order valence-electron chi connectivity index (χ3n) is 2.13. The van der Waals surface area contributed by atoms with Crippen molar-refractivity contribution in [3.63, 3.8) is 0 Å². The Labute approximate surface area is 71.9 Å². The van der Waals surface area contributed by atoms with Crippen molar-refractivity contribution in [2.45, 2.75) is 26.2 Å². The quantitative estimate of drug-likeness (QED) is 0.719. The molecule has 0 aliphatic heterocycles. The summed E-state index contributed by atoms with van der Waals surface area (Å²) in [5.41, 5.74) is 0.676. The van der Waals surface area contributed by atoms with Gasteiger partial charge in [-0.1, -0.05) is 19.9 Å². The first-order chi connectivity index (χ1) is 5.65. The van der Waals surface area contributed by atoms with Crippen molar-refractivity contribution in [2.75, 3.05) is 0 Å². The molecule has 1 N–H and O–H groups in total. The van der Waals surface area contributed by atoms with Gasteiger partial charge >= 0.3 is 0 Å². The zero-order valence-corrected chi connectivity index (χ0v) is 7.34. The Hall–Kier alpha value is -1.05. The normalized spacial score (nSPS) is 12.9. The maximum atomic E-state index is 13.1. The molecule has 1 aromatic rings. The van der Waals surface area contributed by atoms with Crippen molar-refractivity contribution >= 4 is 0 Å². The van der Waals surface area contributed by atoms with E-state index in [4.69, 9.17) is 5.11 Å². The first-order valence-electron chi connectivity index (χ1n) is 4.13. The molecule has 0 aromatic heterocycles. The van der Waals surface area contributed by atoms with Crippen molar-refractivity contribution in [3.05, 3.63) is 29.6 Å². The second-order valence-corrected chi connectivity index (χ2v) is 3.02. The number of phenols is 1. The Balaban J connectivity index is 3.01. The Kier molecular flexibility index (Phi) is 2.69. The fourth-order valence-electron chi connectivity index (χ4n) is 1.14. The van der Waals surface area contributed by atoms with E-state index in [0.717, 1.165) is 12.5 Å². The van der Waals surface area contributed by atoms with Crippen molar-refractivity contribution in [1.29, 1.82) is 0 Å². The first kappa shape index (κ1) is 9.04. The molecule has 2 heteroatoms. The van der Waals surface area contributed by atoms with Gasteiger partial charge in [0, 0.05) is 6.07 Å². The molecule has 1 aromatic carbocycles. The van der Waals surface area contributed by atoms with Crippen LogP contribution in [0.4, 0.5) is 4.39 Å². The van der Waals surface area contributed by atoms with Gasteiger partial charge in [-0.3, -0.25) is 0 Å². The fraction of sp³-hybridized carbons (Fsp3) is 0.400. The highest BCUT2D eigenvalue weighted by Crippen LogP contribution is 2.24. The summed E-state index contributed by atoms with van der Waals surface area (Å²) in [4.78, 5) is 0. The van der Waals surface area contributed by atoms with E-state index in [1.807, 2.05) is 13.8 Å². The van der Waals surface area contributed by atoms with E-state index in [1.165, 1.54) is 6.07 Å². The molecule has 0 radical (unpaired) electrons. The van der Waals surface area contributed by atoms with Crippen LogP contribution in [0.25, 0.3) is 0 Å². The first-order valence-corrected chi connectivity index (χ1v) is 4.13. The Morgan fingerprint density at radius 1 is 1.50 bits per heavy atom. The van der Waals surface area contributed by atoms with Crippen LogP contribution in [0.15, 0.2) is 18.2 Å². The molecule has 0 saturated heterocycles. The van der Waals surface area contributed by atoms with Gasteiger partial charge in [0.25, 0.3) is 0 Å². The molecule has 1 nitrogen and oxygen atoms in total. The molecule has 1 unspecified atom stereocenters. The minimum absolute atomic E-state index is 0.0143. The van der Waals surface area contributed by atoms with E-state index < -0.39 is 0 Å². The largest absolute Gasteiger partial charge is 0.508 e. The predicted octanol–water partition coefficient (Wildman–Crippen LogP) is 3.04. The standard InChI is InChI=1S/C10H13FO/c1-3-7(2)9-5-4-8(12)6-10(9)11/h4-7,12H,3H2,1-2H3. The lowest BCUT2D eigenvalue weighted by atomic mass is 9.98. The summed E-state index contributed by atoms with van der Waals surface area (Å²) < 4.78 is 13.1. The van der Waals surface area contributed by atoms with Gasteiger partial charge in [0.15, 0.2) is 0 Å². The van der Waals surface area contributed by atoms with E-state index in [9.17, 15) is 4.39 Å². The maximum Gasteiger partial charge on any atom is 0.130 e. The lowest BCUT2D eigenvalue weighted by Crippen LogP contribution is -1.94. The van der Waals surface area contributed by atoms with Crippen LogP contribution in [-0.4, -0.2) is 5.11 Å². The van der Waals surface area contributed by atoms with Gasteiger partial charge in [-0.05, 0) is 24.0 Å². The van der Waals surface area contributed by atoms with E-state index in [1.54, 1.807) is 6.07 Å². The van der Waals surface area contributed by atoms with Gasteiger partial charge in [-0.2, -0.15) is 0 Å². The second-order valence-electron chi connectivity index (χ2n) is 3.02. The molecule has 1 rings (SSSR count). The Bertz CT molecular complexity index is 271. The molecule has 0 heterocycles. The number of benzene rings is 1. The topological polar surface area (TPSA) is 20.2 Å². The lowest BCUT2D eigenvalue weighted by Gasteiger charge is -2.09. The molecule has 0 aliphatic rings. The van der Waals surface area contributed by atoms with Crippen molar-refractivity contribution < 1.29 is 9.50 Å². The van der Waals surface area contributed by atoms with E-state index in [-0.39, 0.29) is 17.5 Å². The van der Waals surface area contributed by atoms with Gasteiger partial charge < -0.3 is 5.11 Å². The van der Waals surface area contributed by atoms with Crippen LogP contribution in [-0.2, 0) is 0 Å². The number of rotatable bonds is 2. The molecule has 66 valence electrons. The molecule has 12 heavy (non-hydrogen) atoms. The minimum Gasteiger partial charge on any atom is -0.508 e. The Morgan fingerprint density at radius 3 is 2.67 bits per heavy atom. The highest BCUT2D eigenvalue weighted by atomic mass is 19.1. The van der Waals surface area contributed by atoms with E-state index in [0.29, 0.717) is 5.56 Å². The zero-order chi connectivity index (χ0) is 9.14. The smallest absolute Gasteiger partial charge is 0.130 e. The monoisotopic (exact) mass is 168 g/mol. The molecule has 0 aliphatic carbocycles. The number of halogens is 1. The van der Waals surface area contributed by atoms with Crippen molar-refractivity contribution in [2.24, 2.45) is 0 Å². The van der Waals surface area contributed by atoms with Crippen LogP contribution in [0.3, 0.4) is 0 Å². The highest BCUT2D eigenvalue weighted by Gasteiger charge is 2.08. The summed E-state index contributed by atoms with van der Waals surface area (Å²) in [5, 5.41) is 8.95. The summed E-state index contributed by atoms with van der Waals surface area (Å²) in [5.74, 6) is -0.116. The lowest BCUT2D eigenvalue weighted by molar-refractivity contribution is 0.466. The van der Waals surface area contributed by atoms with Crippen LogP contribution in [0, 0.1) is 5.82 Å². The van der Waals surface area contributed by atoms with Gasteiger partial charge in [-0.25, -0.2) is 4.39 Å². The molecule has 0 bridgehead atoms. The number of hydrogen-bond donors (Lipinski definition) is 1. The SMILES string of the molecule is CCC(C)c1ccc(O)cc1F. The summed E-state index contributed by atoms with van der Waals surface area (Å²) in [6.07, 6.45) is 0.904. The summed E-state index contributed by atoms with van der Waals surface area (Å²) in [6.45, 7) is 3.98. The van der Waals surface area contributed by atoms with Crippen LogP contribution >= 0.6 is 0 Å². The molecule has 0 amide bonds. The van der Waals surface area contributed by atoms with Gasteiger partial charge in [-0.15, -0.1) is 0 Å². The van der Waals surface area contributed by atoms with Crippen molar-refractivity contribution in [1.82, 2.24) is 0 Å². The molecule has 0 saturated carbocycles. The summed E-state index contributed by atoms with van der Waals surface area (Å²) >= 11 is 0. The molecule has 0 fully saturated rings. The zero-order valence-electron chi connectivity index (χ0n) is 7.34. The summed E-state index contributed by atoms with van der Waals surface area (Å²) in [7, 11) is 0. The molecule has 0 spiro atoms. The van der Waals surface area contributed by atoms with Crippen LogP contribution < -0.4 is 0 Å². The predicted molar refractivity (Wildman–Crippen MR) is 46.8 cm³/mol. The van der Waals surface area contributed by atoms with Crippen molar-refractivity contribution in [3.8, 4) is 5.75 Å². The van der Waals surface area contributed by atoms with Crippen LogP contribution in [0.5, 0.6) is 5.75 Å². The Morgan fingerprint density at radius 2 is 2.17 bits per heavy atom. The number of hydrogen-bond acceptors (Lipinski definition) is 1. The minimum atomic E-state index is -0.315. The van der Waals surface area contributed by atoms with Crippen LogP contribution in [0.2, 0.25) is 0 Å². The molecular formula is C10H13FO. The van der Waals surface area contributed by atoms with Crippen LogP contribution in [0.1, 0.15) is 31.7 Å². The highest BCUT2D eigenvalue weighted by molar-refractivity contribution is 5.29. The maximum absolute atomic E-state index is 13.1. The van der Waals surface area contributed by atoms with Gasteiger partial charge in [0.05, 0.1) is 0 Å². The molecule has 1 atom stereocenters. The van der Waals surface area contributed by atoms with Gasteiger partial charge in [0.2, 0.25) is 0 Å². The third-order valence-corrected chi connectivity index (χ3v) is 2.13. The van der Waals surface area contributed by atoms with E-state index in [2.05, 4.69) is 0 Å². The van der Waals surface area contributed by atoms with E-state index >= 15 is 0 Å². The van der Waals surface area contributed by atoms with Gasteiger partial charge in [0.1, 0.15) is 11.6 Å². The average molecular weight is 168 g/mol. The third kappa shape index (κ3) is 1.76. The average Bonchev–Trinajstić information content (AvgIpc) is 2.03.